The fourth-order valence-electron chi connectivity index (χ4n) is 1.09. The fourth-order valence-corrected chi connectivity index (χ4v) is 1.28. The van der Waals surface area contributed by atoms with Crippen LogP contribution in [-0.2, 0) is 7.05 Å². The van der Waals surface area contributed by atoms with Gasteiger partial charge >= 0.3 is 0 Å². The Hall–Kier alpha value is -1.16. The highest BCUT2D eigenvalue weighted by atomic mass is 35.5. The first-order chi connectivity index (χ1) is 5.70. The number of halogens is 2. The smallest absolute Gasteiger partial charge is 0.150 e. The van der Waals surface area contributed by atoms with Gasteiger partial charge in [-0.05, 0) is 12.1 Å². The second-order valence-corrected chi connectivity index (χ2v) is 2.85. The highest BCUT2D eigenvalue weighted by Crippen LogP contribution is 2.22. The van der Waals surface area contributed by atoms with Crippen LogP contribution in [0, 0.1) is 5.82 Å². The lowest BCUT2D eigenvalue weighted by atomic mass is 10.3. The molecule has 0 amide bonds. The van der Waals surface area contributed by atoms with Gasteiger partial charge in [0, 0.05) is 7.05 Å². The molecule has 0 N–H and O–H groups in total. The molecule has 0 atom stereocenters. The molecule has 0 aliphatic heterocycles. The van der Waals surface area contributed by atoms with Crippen molar-refractivity contribution in [3.8, 4) is 0 Å². The zero-order valence-corrected chi connectivity index (χ0v) is 7.01. The Bertz CT molecular complexity index is 437. The van der Waals surface area contributed by atoms with Gasteiger partial charge in [0.25, 0.3) is 0 Å². The van der Waals surface area contributed by atoms with E-state index in [2.05, 4.69) is 10.3 Å². The molecule has 0 saturated carbocycles. The number of aryl methyl sites for hydroxylation is 1. The van der Waals surface area contributed by atoms with Gasteiger partial charge in [0.1, 0.15) is 11.0 Å². The van der Waals surface area contributed by atoms with Crippen LogP contribution in [-0.4, -0.2) is 15.0 Å². The molecule has 0 saturated heterocycles. The van der Waals surface area contributed by atoms with E-state index in [4.69, 9.17) is 11.6 Å². The van der Waals surface area contributed by atoms with Crippen molar-refractivity contribution in [1.29, 1.82) is 0 Å². The molecule has 2 aromatic rings. The molecule has 0 radical (unpaired) electrons. The lowest BCUT2D eigenvalue weighted by molar-refractivity contribution is 0.623. The summed E-state index contributed by atoms with van der Waals surface area (Å²) >= 11 is 5.76. The van der Waals surface area contributed by atoms with Crippen LogP contribution >= 0.6 is 11.6 Å². The molecule has 1 aromatic heterocycles. The Morgan fingerprint density at radius 1 is 1.50 bits per heavy atom. The largest absolute Gasteiger partial charge is 0.245 e. The average Bonchev–Trinajstić information content (AvgIpc) is 2.42. The van der Waals surface area contributed by atoms with Crippen molar-refractivity contribution in [3.05, 3.63) is 23.0 Å². The molecule has 1 heterocycles. The summed E-state index contributed by atoms with van der Waals surface area (Å²) in [6.07, 6.45) is 0. The molecule has 0 spiro atoms. The molecular weight excluding hydrogens is 181 g/mol. The predicted octanol–water partition coefficient (Wildman–Crippen LogP) is 1.76. The standard InChI is InChI=1S/C7H5ClFN3/c1-12-7-5(9)3-2-4(8)6(7)10-11-12/h2-3H,1H3. The van der Waals surface area contributed by atoms with E-state index in [0.29, 0.717) is 16.1 Å². The van der Waals surface area contributed by atoms with Crippen LogP contribution in [0.2, 0.25) is 5.02 Å². The van der Waals surface area contributed by atoms with Gasteiger partial charge in [0.2, 0.25) is 0 Å². The molecule has 0 unspecified atom stereocenters. The van der Waals surface area contributed by atoms with Gasteiger partial charge in [-0.2, -0.15) is 0 Å². The van der Waals surface area contributed by atoms with Gasteiger partial charge < -0.3 is 0 Å². The van der Waals surface area contributed by atoms with E-state index < -0.39 is 0 Å². The van der Waals surface area contributed by atoms with Crippen molar-refractivity contribution < 1.29 is 4.39 Å². The third kappa shape index (κ3) is 0.881. The molecule has 2 rings (SSSR count). The Kier molecular flexibility index (Phi) is 1.51. The highest BCUT2D eigenvalue weighted by molar-refractivity contribution is 6.34. The summed E-state index contributed by atoms with van der Waals surface area (Å²) in [5.74, 6) is -0.359. The average molecular weight is 186 g/mol. The summed E-state index contributed by atoms with van der Waals surface area (Å²) in [6.45, 7) is 0. The number of hydrogen-bond acceptors (Lipinski definition) is 2. The van der Waals surface area contributed by atoms with E-state index in [1.54, 1.807) is 7.05 Å². The van der Waals surface area contributed by atoms with E-state index in [1.165, 1.54) is 16.8 Å². The number of benzene rings is 1. The first-order valence-electron chi connectivity index (χ1n) is 3.33. The topological polar surface area (TPSA) is 30.7 Å². The van der Waals surface area contributed by atoms with Crippen LogP contribution in [0.3, 0.4) is 0 Å². The monoisotopic (exact) mass is 185 g/mol. The second kappa shape index (κ2) is 2.42. The van der Waals surface area contributed by atoms with Crippen LogP contribution < -0.4 is 0 Å². The van der Waals surface area contributed by atoms with Gasteiger partial charge in [-0.25, -0.2) is 9.07 Å². The summed E-state index contributed by atoms with van der Waals surface area (Å²) in [6, 6.07) is 2.77. The third-order valence-electron chi connectivity index (χ3n) is 1.66. The van der Waals surface area contributed by atoms with Crippen molar-refractivity contribution in [1.82, 2.24) is 15.0 Å². The van der Waals surface area contributed by atoms with Crippen molar-refractivity contribution in [2.24, 2.45) is 7.05 Å². The van der Waals surface area contributed by atoms with Crippen LogP contribution in [0.15, 0.2) is 12.1 Å². The first kappa shape index (κ1) is 7.49. The number of nitrogens with zero attached hydrogens (tertiary/aromatic N) is 3. The summed E-state index contributed by atoms with van der Waals surface area (Å²) in [7, 11) is 1.62. The Balaban J connectivity index is 2.98. The molecule has 0 fully saturated rings. The Morgan fingerprint density at radius 3 is 2.92 bits per heavy atom. The quantitative estimate of drug-likeness (QED) is 0.626. The van der Waals surface area contributed by atoms with Crippen molar-refractivity contribution in [3.63, 3.8) is 0 Å². The minimum Gasteiger partial charge on any atom is -0.245 e. The fraction of sp³-hybridized carbons (Fsp3) is 0.143. The Morgan fingerprint density at radius 2 is 2.25 bits per heavy atom. The van der Waals surface area contributed by atoms with Crippen LogP contribution in [0.25, 0.3) is 11.0 Å². The summed E-state index contributed by atoms with van der Waals surface area (Å²) < 4.78 is 14.5. The van der Waals surface area contributed by atoms with Crippen LogP contribution in [0.5, 0.6) is 0 Å². The summed E-state index contributed by atoms with van der Waals surface area (Å²) in [4.78, 5) is 0. The number of aromatic nitrogens is 3. The van der Waals surface area contributed by atoms with Crippen molar-refractivity contribution in [2.75, 3.05) is 0 Å². The van der Waals surface area contributed by atoms with E-state index in [9.17, 15) is 4.39 Å². The molecular formula is C7H5ClFN3. The zero-order valence-electron chi connectivity index (χ0n) is 6.25. The zero-order chi connectivity index (χ0) is 8.72. The maximum atomic E-state index is 13.1. The summed E-state index contributed by atoms with van der Waals surface area (Å²) in [5, 5.41) is 7.80. The molecule has 3 nitrogen and oxygen atoms in total. The SMILES string of the molecule is Cn1nnc2c(Cl)ccc(F)c21. The molecule has 0 aliphatic carbocycles. The van der Waals surface area contributed by atoms with E-state index in [1.807, 2.05) is 0 Å². The maximum Gasteiger partial charge on any atom is 0.150 e. The normalized spacial score (nSPS) is 10.9. The molecule has 0 aliphatic rings. The van der Waals surface area contributed by atoms with Crippen LogP contribution in [0.4, 0.5) is 4.39 Å². The Labute approximate surface area is 72.7 Å². The molecule has 62 valence electrons. The third-order valence-corrected chi connectivity index (χ3v) is 1.96. The van der Waals surface area contributed by atoms with E-state index in [-0.39, 0.29) is 5.82 Å². The summed E-state index contributed by atoms with van der Waals surface area (Å²) in [5.41, 5.74) is 0.738. The highest BCUT2D eigenvalue weighted by Gasteiger charge is 2.09. The lowest BCUT2D eigenvalue weighted by Gasteiger charge is -1.94. The van der Waals surface area contributed by atoms with Crippen molar-refractivity contribution in [2.45, 2.75) is 0 Å². The van der Waals surface area contributed by atoms with Gasteiger partial charge in [0.15, 0.2) is 5.82 Å². The lowest BCUT2D eigenvalue weighted by Crippen LogP contribution is -1.91. The van der Waals surface area contributed by atoms with Gasteiger partial charge in [-0.1, -0.05) is 16.8 Å². The minimum atomic E-state index is -0.359. The van der Waals surface area contributed by atoms with Crippen LogP contribution in [0.1, 0.15) is 0 Å². The second-order valence-electron chi connectivity index (χ2n) is 2.44. The number of hydrogen-bond donors (Lipinski definition) is 0. The first-order valence-corrected chi connectivity index (χ1v) is 3.71. The molecule has 5 heteroatoms. The molecule has 12 heavy (non-hydrogen) atoms. The number of rotatable bonds is 0. The van der Waals surface area contributed by atoms with Gasteiger partial charge in [-0.3, -0.25) is 0 Å². The van der Waals surface area contributed by atoms with Crippen molar-refractivity contribution >= 4 is 22.6 Å². The predicted molar refractivity (Wildman–Crippen MR) is 43.5 cm³/mol. The van der Waals surface area contributed by atoms with E-state index in [0.717, 1.165) is 0 Å². The number of fused-ring (bicyclic) bond motifs is 1. The van der Waals surface area contributed by atoms with Gasteiger partial charge in [-0.15, -0.1) is 5.10 Å². The maximum absolute atomic E-state index is 13.1. The van der Waals surface area contributed by atoms with Gasteiger partial charge in [0.05, 0.1) is 5.02 Å². The minimum absolute atomic E-state index is 0.336. The van der Waals surface area contributed by atoms with E-state index >= 15 is 0 Å². The molecule has 1 aromatic carbocycles. The molecule has 0 bridgehead atoms.